The zero-order valence-electron chi connectivity index (χ0n) is 10.4. The maximum absolute atomic E-state index is 11.4. The molecule has 0 N–H and O–H groups in total. The summed E-state index contributed by atoms with van der Waals surface area (Å²) in [6, 6.07) is 4.21. The van der Waals surface area contributed by atoms with Crippen LogP contribution in [0.25, 0.3) is 0 Å². The maximum Gasteiger partial charge on any atom is 0.136 e. The number of halogens is 2. The number of ether oxygens (including phenoxy) is 1. The van der Waals surface area contributed by atoms with Crippen LogP contribution in [0, 0.1) is 0 Å². The van der Waals surface area contributed by atoms with Crippen molar-refractivity contribution in [1.29, 1.82) is 0 Å². The van der Waals surface area contributed by atoms with E-state index in [1.54, 1.807) is 7.11 Å². The summed E-state index contributed by atoms with van der Waals surface area (Å²) in [4.78, 5) is 13.7. The molecule has 98 valence electrons. The van der Waals surface area contributed by atoms with Crippen LogP contribution >= 0.6 is 31.9 Å². The van der Waals surface area contributed by atoms with Gasteiger partial charge in [0.05, 0.1) is 17.3 Å². The first-order valence-corrected chi connectivity index (χ1v) is 7.43. The fourth-order valence-corrected chi connectivity index (χ4v) is 3.64. The number of ketones is 1. The molecule has 1 saturated heterocycles. The van der Waals surface area contributed by atoms with E-state index in [0.717, 1.165) is 26.9 Å². The van der Waals surface area contributed by atoms with Gasteiger partial charge in [-0.05, 0) is 44.8 Å². The summed E-state index contributed by atoms with van der Waals surface area (Å²) in [6.07, 6.45) is 1.24. The molecule has 0 radical (unpaired) electrons. The highest BCUT2D eigenvalue weighted by molar-refractivity contribution is 9.11. The third-order valence-corrected chi connectivity index (χ3v) is 4.47. The molecule has 1 unspecified atom stereocenters. The van der Waals surface area contributed by atoms with Gasteiger partial charge in [0.1, 0.15) is 11.5 Å². The number of hydrogen-bond acceptors (Lipinski definition) is 3. The molecule has 1 heterocycles. The van der Waals surface area contributed by atoms with Crippen LogP contribution in [0.1, 0.15) is 19.8 Å². The fraction of sp³-hybridized carbons (Fsp3) is 0.462. The van der Waals surface area contributed by atoms with Gasteiger partial charge >= 0.3 is 0 Å². The lowest BCUT2D eigenvalue weighted by Crippen LogP contribution is -2.41. The van der Waals surface area contributed by atoms with Crippen molar-refractivity contribution in [3.8, 4) is 5.75 Å². The molecule has 0 bridgehead atoms. The molecule has 0 aliphatic carbocycles. The molecule has 3 nitrogen and oxygen atoms in total. The first-order valence-electron chi connectivity index (χ1n) is 5.84. The summed E-state index contributed by atoms with van der Waals surface area (Å²) in [5.41, 5.74) is 1.08. The van der Waals surface area contributed by atoms with Crippen molar-refractivity contribution in [2.24, 2.45) is 0 Å². The summed E-state index contributed by atoms with van der Waals surface area (Å²) >= 11 is 7.04. The quantitative estimate of drug-likeness (QED) is 0.786. The van der Waals surface area contributed by atoms with E-state index in [-0.39, 0.29) is 6.04 Å². The minimum Gasteiger partial charge on any atom is -0.495 e. The summed E-state index contributed by atoms with van der Waals surface area (Å²) in [6.45, 7) is 2.85. The number of carbonyl (C=O) groups is 1. The molecular weight excluding hydrogens is 362 g/mol. The van der Waals surface area contributed by atoms with E-state index in [1.165, 1.54) is 0 Å². The van der Waals surface area contributed by atoms with Gasteiger partial charge in [-0.1, -0.05) is 0 Å². The van der Waals surface area contributed by atoms with Crippen molar-refractivity contribution in [2.45, 2.75) is 25.8 Å². The molecule has 1 fully saturated rings. The van der Waals surface area contributed by atoms with Crippen molar-refractivity contribution < 1.29 is 9.53 Å². The van der Waals surface area contributed by atoms with E-state index in [1.807, 2.05) is 12.1 Å². The van der Waals surface area contributed by atoms with Crippen LogP contribution in [0.15, 0.2) is 21.1 Å². The van der Waals surface area contributed by atoms with Gasteiger partial charge in [0.15, 0.2) is 0 Å². The first kappa shape index (κ1) is 13.9. The van der Waals surface area contributed by atoms with Crippen LogP contribution in [0.3, 0.4) is 0 Å². The van der Waals surface area contributed by atoms with Crippen molar-refractivity contribution in [1.82, 2.24) is 0 Å². The van der Waals surface area contributed by atoms with Gasteiger partial charge in [0.2, 0.25) is 0 Å². The van der Waals surface area contributed by atoms with Crippen molar-refractivity contribution in [2.75, 3.05) is 18.6 Å². The Bertz CT molecular complexity index is 476. The Morgan fingerprint density at radius 3 is 2.67 bits per heavy atom. The highest BCUT2D eigenvalue weighted by Crippen LogP contribution is 2.38. The molecule has 0 saturated carbocycles. The SMILES string of the molecule is COc1cc(N2CCC(=O)CC2C)c(Br)cc1Br. The number of benzene rings is 1. The second-order valence-electron chi connectivity index (χ2n) is 4.47. The average molecular weight is 377 g/mol. The van der Waals surface area contributed by atoms with Crippen LogP contribution in [-0.4, -0.2) is 25.5 Å². The summed E-state index contributed by atoms with van der Waals surface area (Å²) in [5.74, 6) is 1.15. The molecule has 1 aliphatic heterocycles. The molecule has 1 aliphatic rings. The monoisotopic (exact) mass is 375 g/mol. The predicted molar refractivity (Wildman–Crippen MR) is 79.4 cm³/mol. The van der Waals surface area contributed by atoms with E-state index < -0.39 is 0 Å². The fourth-order valence-electron chi connectivity index (χ4n) is 2.26. The predicted octanol–water partition coefficient (Wildman–Crippen LogP) is 3.78. The molecule has 0 aromatic heterocycles. The number of rotatable bonds is 2. The molecule has 1 atom stereocenters. The Balaban J connectivity index is 2.35. The summed E-state index contributed by atoms with van der Waals surface area (Å²) in [5, 5.41) is 0. The number of hydrogen-bond donors (Lipinski definition) is 0. The second-order valence-corrected chi connectivity index (χ2v) is 6.18. The highest BCUT2D eigenvalue weighted by atomic mass is 79.9. The summed E-state index contributed by atoms with van der Waals surface area (Å²) < 4.78 is 7.25. The van der Waals surface area contributed by atoms with Gasteiger partial charge in [-0.3, -0.25) is 4.79 Å². The van der Waals surface area contributed by atoms with Crippen LogP contribution in [0.5, 0.6) is 5.75 Å². The third kappa shape index (κ3) is 2.72. The third-order valence-electron chi connectivity index (χ3n) is 3.22. The Morgan fingerprint density at radius 2 is 2.06 bits per heavy atom. The van der Waals surface area contributed by atoms with Gasteiger partial charge in [-0.25, -0.2) is 0 Å². The van der Waals surface area contributed by atoms with Crippen LogP contribution < -0.4 is 9.64 Å². The van der Waals surface area contributed by atoms with E-state index in [0.29, 0.717) is 18.6 Å². The lowest BCUT2D eigenvalue weighted by Gasteiger charge is -2.35. The van der Waals surface area contributed by atoms with E-state index >= 15 is 0 Å². The Kier molecular flexibility index (Phi) is 4.33. The number of methoxy groups -OCH3 is 1. The Labute approximate surface area is 124 Å². The average Bonchev–Trinajstić information content (AvgIpc) is 2.30. The minimum atomic E-state index is 0.230. The Morgan fingerprint density at radius 1 is 1.33 bits per heavy atom. The normalized spacial score (nSPS) is 20.1. The lowest BCUT2D eigenvalue weighted by atomic mass is 10.0. The minimum absolute atomic E-state index is 0.230. The molecule has 1 aromatic rings. The number of Topliss-reactive ketones (excluding diaryl/α,β-unsaturated/α-hetero) is 1. The second kappa shape index (κ2) is 5.61. The topological polar surface area (TPSA) is 29.5 Å². The number of piperidine rings is 1. The van der Waals surface area contributed by atoms with Gasteiger partial charge in [0.25, 0.3) is 0 Å². The molecule has 5 heteroatoms. The largest absolute Gasteiger partial charge is 0.495 e. The molecule has 0 spiro atoms. The van der Waals surface area contributed by atoms with Gasteiger partial charge in [-0.2, -0.15) is 0 Å². The van der Waals surface area contributed by atoms with E-state index in [2.05, 4.69) is 43.7 Å². The molecule has 1 aromatic carbocycles. The first-order chi connectivity index (χ1) is 8.52. The number of anilines is 1. The van der Waals surface area contributed by atoms with Crippen molar-refractivity contribution in [3.63, 3.8) is 0 Å². The van der Waals surface area contributed by atoms with Crippen LogP contribution in [0.2, 0.25) is 0 Å². The van der Waals surface area contributed by atoms with Gasteiger partial charge < -0.3 is 9.64 Å². The maximum atomic E-state index is 11.4. The van der Waals surface area contributed by atoms with Crippen molar-refractivity contribution in [3.05, 3.63) is 21.1 Å². The van der Waals surface area contributed by atoms with Crippen LogP contribution in [0.4, 0.5) is 5.69 Å². The van der Waals surface area contributed by atoms with Gasteiger partial charge in [-0.15, -0.1) is 0 Å². The zero-order chi connectivity index (χ0) is 13.3. The molecule has 0 amide bonds. The smallest absolute Gasteiger partial charge is 0.136 e. The number of carbonyl (C=O) groups excluding carboxylic acids is 1. The van der Waals surface area contributed by atoms with Crippen LogP contribution in [-0.2, 0) is 4.79 Å². The number of nitrogens with zero attached hydrogens (tertiary/aromatic N) is 1. The highest BCUT2D eigenvalue weighted by Gasteiger charge is 2.25. The molecule has 18 heavy (non-hydrogen) atoms. The lowest BCUT2D eigenvalue weighted by molar-refractivity contribution is -0.120. The zero-order valence-corrected chi connectivity index (χ0v) is 13.5. The van der Waals surface area contributed by atoms with Crippen molar-refractivity contribution >= 4 is 43.3 Å². The molecule has 2 rings (SSSR count). The van der Waals surface area contributed by atoms with E-state index in [9.17, 15) is 4.79 Å². The summed E-state index contributed by atoms with van der Waals surface area (Å²) in [7, 11) is 1.65. The Hall–Kier alpha value is -0.550. The van der Waals surface area contributed by atoms with Gasteiger partial charge in [0, 0.05) is 36.0 Å². The van der Waals surface area contributed by atoms with E-state index in [4.69, 9.17) is 4.74 Å². The molecular formula is C13H15Br2NO2. The standard InChI is InChI=1S/C13H15Br2NO2/c1-8-5-9(17)3-4-16(8)12-7-13(18-2)11(15)6-10(12)14/h6-8H,3-5H2,1-2H3.